The molecule has 0 N–H and O–H groups in total. The Bertz CT molecular complexity index is 2550. The Morgan fingerprint density at radius 1 is 0.463 bits per heavy atom. The van der Waals surface area contributed by atoms with Gasteiger partial charge in [0.15, 0.2) is 0 Å². The predicted octanol–water partition coefficient (Wildman–Crippen LogP) is 9.65. The summed E-state index contributed by atoms with van der Waals surface area (Å²) in [5.74, 6) is 0. The highest BCUT2D eigenvalue weighted by atomic mass is 16.3. The Kier molecular flexibility index (Phi) is 4.37. The van der Waals surface area contributed by atoms with E-state index in [1.807, 2.05) is 24.3 Å². The summed E-state index contributed by atoms with van der Waals surface area (Å²) in [6.45, 7) is 0. The lowest BCUT2D eigenvalue weighted by molar-refractivity contribution is 0.669. The predicted molar refractivity (Wildman–Crippen MR) is 167 cm³/mol. The quantitative estimate of drug-likeness (QED) is 0.226. The highest BCUT2D eigenvalue weighted by molar-refractivity contribution is 6.13. The maximum absolute atomic E-state index is 10.0. The molecular formula is C37H21N3O. The van der Waals surface area contributed by atoms with Crippen LogP contribution in [0.25, 0.3) is 76.9 Å². The number of nitrogens with zero attached hydrogens (tertiary/aromatic N) is 3. The SMILES string of the molecule is N#Cc1cccc2c3ccccc3n(-c3ccc4c(c3)c3ccccc3n4-c3ccc4oc5ccccc5c4c3)c12. The van der Waals surface area contributed by atoms with E-state index in [0.717, 1.165) is 71.5 Å². The summed E-state index contributed by atoms with van der Waals surface area (Å²) >= 11 is 0. The zero-order chi connectivity index (χ0) is 27.1. The van der Waals surface area contributed by atoms with Gasteiger partial charge in [-0.05, 0) is 60.7 Å². The molecule has 0 unspecified atom stereocenters. The van der Waals surface area contributed by atoms with Crippen molar-refractivity contribution >= 4 is 65.6 Å². The number of furan rings is 1. The zero-order valence-electron chi connectivity index (χ0n) is 21.9. The average Bonchev–Trinajstić information content (AvgIpc) is 3.68. The largest absolute Gasteiger partial charge is 0.456 e. The van der Waals surface area contributed by atoms with Gasteiger partial charge in [0.2, 0.25) is 0 Å². The minimum absolute atomic E-state index is 0.668. The van der Waals surface area contributed by atoms with E-state index in [0.29, 0.717) is 5.56 Å². The van der Waals surface area contributed by atoms with E-state index >= 15 is 0 Å². The lowest BCUT2D eigenvalue weighted by Crippen LogP contribution is -1.97. The van der Waals surface area contributed by atoms with E-state index in [4.69, 9.17) is 4.42 Å². The minimum atomic E-state index is 0.668. The molecule has 41 heavy (non-hydrogen) atoms. The highest BCUT2D eigenvalue weighted by Crippen LogP contribution is 2.38. The Hall–Kier alpha value is -5.79. The van der Waals surface area contributed by atoms with Crippen LogP contribution < -0.4 is 0 Å². The first-order valence-electron chi connectivity index (χ1n) is 13.7. The molecule has 9 aromatic rings. The summed E-state index contributed by atoms with van der Waals surface area (Å²) in [7, 11) is 0. The van der Waals surface area contributed by atoms with Gasteiger partial charge in [0.25, 0.3) is 0 Å². The van der Waals surface area contributed by atoms with Crippen molar-refractivity contribution in [3.8, 4) is 17.4 Å². The number of aromatic nitrogens is 2. The van der Waals surface area contributed by atoms with Gasteiger partial charge in [0, 0.05) is 43.7 Å². The molecular weight excluding hydrogens is 502 g/mol. The normalized spacial score (nSPS) is 11.9. The number of benzene rings is 6. The molecule has 4 nitrogen and oxygen atoms in total. The van der Waals surface area contributed by atoms with Gasteiger partial charge in [-0.15, -0.1) is 0 Å². The Labute approximate surface area is 234 Å². The standard InChI is InChI=1S/C37H21N3O/c38-22-23-8-7-12-29-26-9-1-5-14-33(26)40(37(23)29)25-16-18-34-30(20-25)27-10-2-4-13-32(27)39(34)24-17-19-36-31(21-24)28-11-3-6-15-35(28)41-36/h1-21H. The molecule has 0 bridgehead atoms. The van der Waals surface area contributed by atoms with Gasteiger partial charge in [-0.1, -0.05) is 66.7 Å². The van der Waals surface area contributed by atoms with Crippen LogP contribution >= 0.6 is 0 Å². The van der Waals surface area contributed by atoms with Gasteiger partial charge in [-0.3, -0.25) is 0 Å². The van der Waals surface area contributed by atoms with Crippen molar-refractivity contribution in [2.75, 3.05) is 0 Å². The second-order valence-corrected chi connectivity index (χ2v) is 10.5. The van der Waals surface area contributed by atoms with Gasteiger partial charge >= 0.3 is 0 Å². The van der Waals surface area contributed by atoms with Crippen LogP contribution in [0.15, 0.2) is 132 Å². The van der Waals surface area contributed by atoms with Crippen LogP contribution in [0.1, 0.15) is 5.56 Å². The minimum Gasteiger partial charge on any atom is -0.456 e. The summed E-state index contributed by atoms with van der Waals surface area (Å²) in [6, 6.07) is 46.6. The average molecular weight is 524 g/mol. The lowest BCUT2D eigenvalue weighted by Gasteiger charge is -2.11. The Morgan fingerprint density at radius 3 is 1.88 bits per heavy atom. The molecule has 0 aliphatic rings. The second kappa shape index (κ2) is 8.11. The molecule has 0 spiro atoms. The maximum Gasteiger partial charge on any atom is 0.135 e. The summed E-state index contributed by atoms with van der Waals surface area (Å²) in [4.78, 5) is 0. The molecule has 3 aromatic heterocycles. The first-order chi connectivity index (χ1) is 20.3. The number of hydrogen-bond donors (Lipinski definition) is 0. The monoisotopic (exact) mass is 523 g/mol. The highest BCUT2D eigenvalue weighted by Gasteiger charge is 2.18. The third-order valence-electron chi connectivity index (χ3n) is 8.35. The molecule has 4 heteroatoms. The molecule has 190 valence electrons. The molecule has 0 aliphatic carbocycles. The van der Waals surface area contributed by atoms with E-state index < -0.39 is 0 Å². The van der Waals surface area contributed by atoms with Crippen molar-refractivity contribution in [2.24, 2.45) is 0 Å². The van der Waals surface area contributed by atoms with Crippen molar-refractivity contribution < 1.29 is 4.42 Å². The van der Waals surface area contributed by atoms with Gasteiger partial charge in [-0.25, -0.2) is 0 Å². The van der Waals surface area contributed by atoms with Crippen LogP contribution in [0.5, 0.6) is 0 Å². The molecule has 0 saturated heterocycles. The van der Waals surface area contributed by atoms with Crippen molar-refractivity contribution in [3.63, 3.8) is 0 Å². The molecule has 0 atom stereocenters. The van der Waals surface area contributed by atoms with Crippen molar-refractivity contribution in [2.45, 2.75) is 0 Å². The van der Waals surface area contributed by atoms with E-state index in [9.17, 15) is 5.26 Å². The molecule has 0 radical (unpaired) electrons. The van der Waals surface area contributed by atoms with E-state index in [-0.39, 0.29) is 0 Å². The van der Waals surface area contributed by atoms with Crippen molar-refractivity contribution in [3.05, 3.63) is 133 Å². The summed E-state index contributed by atoms with van der Waals surface area (Å²) in [5.41, 5.74) is 8.88. The maximum atomic E-state index is 10.0. The topological polar surface area (TPSA) is 46.8 Å². The number of fused-ring (bicyclic) bond motifs is 9. The van der Waals surface area contributed by atoms with E-state index in [1.54, 1.807) is 0 Å². The van der Waals surface area contributed by atoms with Gasteiger partial charge in [-0.2, -0.15) is 5.26 Å². The number of nitriles is 1. The summed E-state index contributed by atoms with van der Waals surface area (Å²) in [5, 5.41) is 16.8. The molecule has 0 saturated carbocycles. The Morgan fingerprint density at radius 2 is 1.05 bits per heavy atom. The molecule has 0 amide bonds. The van der Waals surface area contributed by atoms with Crippen LogP contribution in [0, 0.1) is 11.3 Å². The first kappa shape index (κ1) is 22.1. The van der Waals surface area contributed by atoms with Crippen LogP contribution in [-0.4, -0.2) is 9.13 Å². The molecule has 3 heterocycles. The Balaban J connectivity index is 1.35. The van der Waals surface area contributed by atoms with Gasteiger partial charge in [0.1, 0.15) is 17.2 Å². The summed E-state index contributed by atoms with van der Waals surface area (Å²) in [6.07, 6.45) is 0. The lowest BCUT2D eigenvalue weighted by atomic mass is 10.1. The molecule has 6 aromatic carbocycles. The van der Waals surface area contributed by atoms with Crippen LogP contribution in [-0.2, 0) is 0 Å². The third-order valence-corrected chi connectivity index (χ3v) is 8.35. The number of rotatable bonds is 2. The number of hydrogen-bond acceptors (Lipinski definition) is 2. The zero-order valence-corrected chi connectivity index (χ0v) is 21.9. The third kappa shape index (κ3) is 2.98. The van der Waals surface area contributed by atoms with E-state index in [2.05, 4.69) is 118 Å². The van der Waals surface area contributed by atoms with E-state index in [1.165, 1.54) is 5.39 Å². The smallest absolute Gasteiger partial charge is 0.135 e. The van der Waals surface area contributed by atoms with Crippen LogP contribution in [0.3, 0.4) is 0 Å². The van der Waals surface area contributed by atoms with Gasteiger partial charge in [0.05, 0.1) is 27.6 Å². The van der Waals surface area contributed by atoms with Crippen LogP contribution in [0.2, 0.25) is 0 Å². The fourth-order valence-electron chi connectivity index (χ4n) is 6.61. The fraction of sp³-hybridized carbons (Fsp3) is 0. The molecule has 0 aliphatic heterocycles. The van der Waals surface area contributed by atoms with Crippen LogP contribution in [0.4, 0.5) is 0 Å². The van der Waals surface area contributed by atoms with Crippen molar-refractivity contribution in [1.29, 1.82) is 5.26 Å². The number of para-hydroxylation sites is 4. The first-order valence-corrected chi connectivity index (χ1v) is 13.7. The molecule has 0 fully saturated rings. The molecule has 9 rings (SSSR count). The van der Waals surface area contributed by atoms with Crippen molar-refractivity contribution in [1.82, 2.24) is 9.13 Å². The van der Waals surface area contributed by atoms with Gasteiger partial charge < -0.3 is 13.6 Å². The second-order valence-electron chi connectivity index (χ2n) is 10.5. The summed E-state index contributed by atoms with van der Waals surface area (Å²) < 4.78 is 10.7. The fourth-order valence-corrected chi connectivity index (χ4v) is 6.61.